The fourth-order valence-electron chi connectivity index (χ4n) is 3.13. The van der Waals surface area contributed by atoms with Gasteiger partial charge in [-0.2, -0.15) is 4.98 Å². The van der Waals surface area contributed by atoms with Gasteiger partial charge in [0.1, 0.15) is 24.1 Å². The van der Waals surface area contributed by atoms with Crippen LogP contribution in [0.4, 0.5) is 10.6 Å². The Kier molecular flexibility index (Phi) is 6.32. The van der Waals surface area contributed by atoms with Crippen molar-refractivity contribution in [3.63, 3.8) is 0 Å². The Bertz CT molecular complexity index is 963. The SMILES string of the molecule is COC(=O)Nc1ccn([C@@H]2O[C@H](CO)C(O)[C@@H]2OC2Sc3ccccc3S2)c(=O)n1. The minimum absolute atomic E-state index is 0.00942. The lowest BCUT2D eigenvalue weighted by molar-refractivity contribution is -0.0686. The van der Waals surface area contributed by atoms with E-state index >= 15 is 0 Å². The number of nitrogens with zero attached hydrogens (tertiary/aromatic N) is 2. The summed E-state index contributed by atoms with van der Waals surface area (Å²) in [5.41, 5.74) is -0.719. The Morgan fingerprint density at radius 3 is 2.60 bits per heavy atom. The average Bonchev–Trinajstić information content (AvgIpc) is 3.29. The Morgan fingerprint density at radius 2 is 2.00 bits per heavy atom. The molecule has 12 heteroatoms. The topological polar surface area (TPSA) is 132 Å². The number of methoxy groups -OCH3 is 1. The second-order valence-electron chi connectivity index (χ2n) is 6.43. The van der Waals surface area contributed by atoms with Crippen LogP contribution in [-0.2, 0) is 14.2 Å². The van der Waals surface area contributed by atoms with Gasteiger partial charge in [0.2, 0.25) is 0 Å². The molecule has 0 spiro atoms. The van der Waals surface area contributed by atoms with Crippen LogP contribution in [0.5, 0.6) is 0 Å². The number of thioether (sulfide) groups is 2. The number of ether oxygens (including phenoxy) is 3. The van der Waals surface area contributed by atoms with Gasteiger partial charge in [-0.25, -0.2) is 9.59 Å². The van der Waals surface area contributed by atoms with Gasteiger partial charge in [-0.05, 0) is 18.2 Å². The number of anilines is 1. The number of fused-ring (bicyclic) bond motifs is 1. The summed E-state index contributed by atoms with van der Waals surface area (Å²) in [6.07, 6.45) is -3.38. The quantitative estimate of drug-likeness (QED) is 0.607. The summed E-state index contributed by atoms with van der Waals surface area (Å²) in [6, 6.07) is 9.22. The number of carbonyl (C=O) groups is 1. The molecule has 0 aliphatic carbocycles. The smallest absolute Gasteiger partial charge is 0.412 e. The third kappa shape index (κ3) is 4.19. The number of nitrogens with one attached hydrogen (secondary N) is 1. The summed E-state index contributed by atoms with van der Waals surface area (Å²) in [7, 11) is 1.19. The molecule has 0 bridgehead atoms. The number of hydrogen-bond acceptors (Lipinski definition) is 10. The third-order valence-corrected chi connectivity index (χ3v) is 7.11. The van der Waals surface area contributed by atoms with Crippen molar-refractivity contribution in [2.75, 3.05) is 19.0 Å². The number of hydrogen-bond donors (Lipinski definition) is 3. The van der Waals surface area contributed by atoms with Gasteiger partial charge in [0.25, 0.3) is 0 Å². The molecular weight excluding hydrogens is 434 g/mol. The molecule has 10 nitrogen and oxygen atoms in total. The Labute approximate surface area is 179 Å². The van der Waals surface area contributed by atoms with Gasteiger partial charge < -0.3 is 24.4 Å². The van der Waals surface area contributed by atoms with E-state index in [-0.39, 0.29) is 10.6 Å². The number of benzene rings is 1. The van der Waals surface area contributed by atoms with Crippen molar-refractivity contribution >= 4 is 35.4 Å². The van der Waals surface area contributed by atoms with Crippen LogP contribution in [0.15, 0.2) is 51.1 Å². The second kappa shape index (κ2) is 8.96. The molecule has 0 saturated carbocycles. The Balaban J connectivity index is 1.55. The van der Waals surface area contributed by atoms with Gasteiger partial charge in [0.05, 0.1) is 13.7 Å². The lowest BCUT2D eigenvalue weighted by atomic mass is 10.1. The molecule has 1 fully saturated rings. The van der Waals surface area contributed by atoms with Crippen molar-refractivity contribution in [3.05, 3.63) is 47.0 Å². The molecule has 3 N–H and O–H groups in total. The number of carbonyl (C=O) groups excluding carboxylic acids is 1. The van der Waals surface area contributed by atoms with Crippen LogP contribution in [0.25, 0.3) is 0 Å². The minimum atomic E-state index is -1.15. The van der Waals surface area contributed by atoms with Gasteiger partial charge in [-0.3, -0.25) is 9.88 Å². The predicted molar refractivity (Wildman–Crippen MR) is 108 cm³/mol. The second-order valence-corrected chi connectivity index (χ2v) is 8.94. The van der Waals surface area contributed by atoms with Crippen LogP contribution < -0.4 is 11.0 Å². The van der Waals surface area contributed by atoms with Crippen molar-refractivity contribution in [3.8, 4) is 0 Å². The number of aliphatic hydroxyl groups is 2. The Morgan fingerprint density at radius 1 is 1.30 bits per heavy atom. The lowest BCUT2D eigenvalue weighted by Gasteiger charge is -2.24. The van der Waals surface area contributed by atoms with Crippen molar-refractivity contribution < 1.29 is 29.2 Å². The molecule has 1 saturated heterocycles. The normalized spacial score (nSPS) is 25.8. The zero-order valence-electron chi connectivity index (χ0n) is 15.7. The highest BCUT2D eigenvalue weighted by Gasteiger charge is 2.47. The maximum atomic E-state index is 12.5. The van der Waals surface area contributed by atoms with Gasteiger partial charge >= 0.3 is 11.8 Å². The Hall–Kier alpha value is -2.09. The summed E-state index contributed by atoms with van der Waals surface area (Å²) < 4.78 is 17.1. The molecule has 2 aliphatic rings. The highest BCUT2D eigenvalue weighted by atomic mass is 32.2. The van der Waals surface area contributed by atoms with Crippen LogP contribution in [-0.4, -0.2) is 62.7 Å². The molecule has 2 aliphatic heterocycles. The van der Waals surface area contributed by atoms with Crippen molar-refractivity contribution in [2.24, 2.45) is 0 Å². The van der Waals surface area contributed by atoms with E-state index in [0.717, 1.165) is 14.4 Å². The van der Waals surface area contributed by atoms with E-state index in [1.54, 1.807) is 0 Å². The van der Waals surface area contributed by atoms with E-state index in [4.69, 9.17) is 9.47 Å². The van der Waals surface area contributed by atoms with E-state index < -0.39 is 42.9 Å². The maximum Gasteiger partial charge on any atom is 0.412 e. The first-order valence-corrected chi connectivity index (χ1v) is 10.7. The van der Waals surface area contributed by atoms with Gasteiger partial charge in [-0.1, -0.05) is 35.7 Å². The zero-order chi connectivity index (χ0) is 21.3. The molecule has 30 heavy (non-hydrogen) atoms. The van der Waals surface area contributed by atoms with E-state index in [9.17, 15) is 19.8 Å². The molecular formula is C18H19N3O7S2. The highest BCUT2D eigenvalue weighted by molar-refractivity contribution is 8.19. The average molecular weight is 453 g/mol. The van der Waals surface area contributed by atoms with Crippen molar-refractivity contribution in [1.29, 1.82) is 0 Å². The molecule has 0 radical (unpaired) electrons. The van der Waals surface area contributed by atoms with E-state index in [0.29, 0.717) is 0 Å². The number of aromatic nitrogens is 2. The number of aliphatic hydroxyl groups excluding tert-OH is 2. The van der Waals surface area contributed by atoms with E-state index in [1.165, 1.54) is 42.9 Å². The predicted octanol–water partition coefficient (Wildman–Crippen LogP) is 1.24. The molecule has 3 heterocycles. The first-order chi connectivity index (χ1) is 14.5. The molecule has 2 aromatic rings. The van der Waals surface area contributed by atoms with Gasteiger partial charge in [0, 0.05) is 16.0 Å². The summed E-state index contributed by atoms with van der Waals surface area (Å²) in [6.45, 7) is -0.438. The molecule has 1 aromatic heterocycles. The molecule has 1 aromatic carbocycles. The van der Waals surface area contributed by atoms with Crippen LogP contribution in [0.2, 0.25) is 0 Å². The summed E-state index contributed by atoms with van der Waals surface area (Å²) >= 11 is 2.99. The lowest BCUT2D eigenvalue weighted by Crippen LogP contribution is -2.39. The van der Waals surface area contributed by atoms with Crippen LogP contribution >= 0.6 is 23.5 Å². The van der Waals surface area contributed by atoms with Crippen LogP contribution in [0, 0.1) is 0 Å². The summed E-state index contributed by atoms with van der Waals surface area (Å²) in [5, 5.41) is 22.5. The summed E-state index contributed by atoms with van der Waals surface area (Å²) in [5.74, 6) is 0.00942. The van der Waals surface area contributed by atoms with Gasteiger partial charge in [-0.15, -0.1) is 0 Å². The first-order valence-electron chi connectivity index (χ1n) is 8.96. The minimum Gasteiger partial charge on any atom is -0.453 e. The largest absolute Gasteiger partial charge is 0.453 e. The fraction of sp³-hybridized carbons (Fsp3) is 0.389. The molecule has 1 amide bonds. The van der Waals surface area contributed by atoms with Crippen LogP contribution in [0.3, 0.4) is 0 Å². The number of amides is 1. The highest BCUT2D eigenvalue weighted by Crippen LogP contribution is 2.49. The molecule has 4 atom stereocenters. The van der Waals surface area contributed by atoms with Crippen LogP contribution in [0.1, 0.15) is 6.23 Å². The zero-order valence-corrected chi connectivity index (χ0v) is 17.3. The maximum absolute atomic E-state index is 12.5. The number of rotatable bonds is 5. The molecule has 4 rings (SSSR count). The molecule has 160 valence electrons. The van der Waals surface area contributed by atoms with E-state index in [1.807, 2.05) is 24.3 Å². The van der Waals surface area contributed by atoms with E-state index in [2.05, 4.69) is 15.0 Å². The standard InChI is InChI=1S/C18H19N3O7S2/c1-26-17(25)20-12-6-7-21(16(24)19-12)15-14(13(23)9(8-22)27-15)28-18-29-10-4-2-3-5-11(10)30-18/h2-7,9,13-15,18,22-23H,8H2,1H3,(H,19,20,24,25)/t9-,13?,14+,15-/m1/s1. The molecule has 1 unspecified atom stereocenters. The fourth-order valence-corrected chi connectivity index (χ4v) is 5.70. The summed E-state index contributed by atoms with van der Waals surface area (Å²) in [4.78, 5) is 29.7. The van der Waals surface area contributed by atoms with Crippen molar-refractivity contribution in [1.82, 2.24) is 9.55 Å². The van der Waals surface area contributed by atoms with Crippen molar-refractivity contribution in [2.45, 2.75) is 39.1 Å². The first kappa shape index (κ1) is 21.2. The third-order valence-electron chi connectivity index (χ3n) is 4.58. The monoisotopic (exact) mass is 453 g/mol. The van der Waals surface area contributed by atoms with Gasteiger partial charge in [0.15, 0.2) is 11.0 Å².